The maximum Gasteiger partial charge on any atom is 0.209 e. The molecule has 5 heteroatoms. The van der Waals surface area contributed by atoms with E-state index < -0.39 is 29.9 Å². The highest BCUT2D eigenvalue weighted by Crippen LogP contribution is 2.18. The van der Waals surface area contributed by atoms with E-state index in [2.05, 4.69) is 19.1 Å². The summed E-state index contributed by atoms with van der Waals surface area (Å²) in [5.74, 6) is -1.54. The van der Waals surface area contributed by atoms with Crippen LogP contribution in [0.4, 0.5) is 0 Å². The minimum absolute atomic E-state index is 0.0330. The number of aliphatic hydroxyl groups is 3. The maximum absolute atomic E-state index is 12.1. The van der Waals surface area contributed by atoms with Gasteiger partial charge in [0.15, 0.2) is 11.6 Å². The molecule has 0 radical (unpaired) electrons. The van der Waals surface area contributed by atoms with Gasteiger partial charge in [0.1, 0.15) is 6.10 Å². The van der Waals surface area contributed by atoms with Gasteiger partial charge in [-0.1, -0.05) is 70.4 Å². The Labute approximate surface area is 171 Å². The van der Waals surface area contributed by atoms with E-state index in [9.17, 15) is 19.8 Å². The predicted octanol–water partition coefficient (Wildman–Crippen LogP) is 4.27. The summed E-state index contributed by atoms with van der Waals surface area (Å²) in [5.41, 5.74) is -2.48. The zero-order valence-corrected chi connectivity index (χ0v) is 18.0. The largest absolute Gasteiger partial charge is 0.394 e. The summed E-state index contributed by atoms with van der Waals surface area (Å²) in [5, 5.41) is 28.7. The number of Topliss-reactive ketones (excluding diaryl/α,β-unsaturated/α-hetero) is 2. The Morgan fingerprint density at radius 1 is 0.857 bits per heavy atom. The topological polar surface area (TPSA) is 94.8 Å². The number of ketones is 2. The van der Waals surface area contributed by atoms with Crippen LogP contribution in [-0.2, 0) is 9.59 Å². The van der Waals surface area contributed by atoms with Crippen molar-refractivity contribution in [3.63, 3.8) is 0 Å². The van der Waals surface area contributed by atoms with Crippen LogP contribution in [0.3, 0.4) is 0 Å². The van der Waals surface area contributed by atoms with E-state index >= 15 is 0 Å². The van der Waals surface area contributed by atoms with Gasteiger partial charge >= 0.3 is 0 Å². The summed E-state index contributed by atoms with van der Waals surface area (Å²) in [7, 11) is 0. The Hall–Kier alpha value is -1.04. The van der Waals surface area contributed by atoms with Gasteiger partial charge < -0.3 is 15.3 Å². The number of aliphatic hydroxyl groups excluding tert-OH is 2. The molecule has 0 aromatic carbocycles. The third-order valence-corrected chi connectivity index (χ3v) is 5.28. The van der Waals surface area contributed by atoms with Crippen LogP contribution in [0.2, 0.25) is 0 Å². The second-order valence-corrected chi connectivity index (χ2v) is 7.78. The van der Waals surface area contributed by atoms with Crippen molar-refractivity contribution in [1.82, 2.24) is 0 Å². The molecule has 0 aliphatic rings. The zero-order chi connectivity index (χ0) is 21.3. The van der Waals surface area contributed by atoms with Gasteiger partial charge in [-0.3, -0.25) is 9.59 Å². The third kappa shape index (κ3) is 11.1. The van der Waals surface area contributed by atoms with Crippen LogP contribution in [0.15, 0.2) is 12.2 Å². The summed E-state index contributed by atoms with van der Waals surface area (Å²) in [4.78, 5) is 23.6. The molecule has 3 N–H and O–H groups in total. The fourth-order valence-electron chi connectivity index (χ4n) is 3.30. The van der Waals surface area contributed by atoms with Crippen LogP contribution in [0.5, 0.6) is 0 Å². The molecule has 2 unspecified atom stereocenters. The van der Waals surface area contributed by atoms with Gasteiger partial charge in [0.05, 0.1) is 6.61 Å². The van der Waals surface area contributed by atoms with E-state index in [0.717, 1.165) is 39.0 Å². The lowest BCUT2D eigenvalue weighted by atomic mass is 9.85. The van der Waals surface area contributed by atoms with Gasteiger partial charge in [-0.05, 0) is 39.0 Å². The lowest BCUT2D eigenvalue weighted by Crippen LogP contribution is -2.56. The van der Waals surface area contributed by atoms with E-state index in [1.807, 2.05) is 0 Å². The number of unbranched alkanes of at least 4 members (excludes halogenated alkanes) is 11. The van der Waals surface area contributed by atoms with Crippen LogP contribution in [0, 0.1) is 0 Å². The van der Waals surface area contributed by atoms with Crippen molar-refractivity contribution in [2.24, 2.45) is 0 Å². The van der Waals surface area contributed by atoms with Crippen LogP contribution < -0.4 is 0 Å². The average Bonchev–Trinajstić information content (AvgIpc) is 2.69. The summed E-state index contributed by atoms with van der Waals surface area (Å²) in [6.45, 7) is 2.46. The molecule has 0 aromatic rings. The first-order valence-electron chi connectivity index (χ1n) is 11.1. The standard InChI is InChI=1S/C23H42O5/c1-3-4-5-6-7-8-9-10-11-12-13-14-15-16-17-18-21(26)23(28,20(2)25)22(27)19-24/h10-11,22,24,27-28H,3-9,12-19H2,1-2H3. The first-order valence-corrected chi connectivity index (χ1v) is 11.1. The second kappa shape index (κ2) is 16.9. The first kappa shape index (κ1) is 27.0. The molecule has 5 nitrogen and oxygen atoms in total. The Balaban J connectivity index is 3.70. The predicted molar refractivity (Wildman–Crippen MR) is 113 cm³/mol. The molecule has 0 aliphatic heterocycles. The van der Waals surface area contributed by atoms with Crippen molar-refractivity contribution < 1.29 is 24.9 Å². The SMILES string of the molecule is CCCCCCCCC=CCCCCCCCC(=O)C(O)(C(C)=O)C(O)CO. The Morgan fingerprint density at radius 2 is 1.32 bits per heavy atom. The monoisotopic (exact) mass is 398 g/mol. The number of carbonyl (C=O) groups is 2. The van der Waals surface area contributed by atoms with Crippen LogP contribution in [0.25, 0.3) is 0 Å². The number of rotatable bonds is 19. The Morgan fingerprint density at radius 3 is 1.79 bits per heavy atom. The fourth-order valence-corrected chi connectivity index (χ4v) is 3.30. The van der Waals surface area contributed by atoms with E-state index in [1.165, 1.54) is 44.9 Å². The molecule has 0 aliphatic carbocycles. The minimum atomic E-state index is -2.48. The third-order valence-electron chi connectivity index (χ3n) is 5.28. The second-order valence-electron chi connectivity index (χ2n) is 7.78. The van der Waals surface area contributed by atoms with Gasteiger partial charge in [-0.2, -0.15) is 0 Å². The summed E-state index contributed by atoms with van der Waals surface area (Å²) >= 11 is 0. The maximum atomic E-state index is 12.1. The van der Waals surface area contributed by atoms with E-state index in [1.54, 1.807) is 0 Å². The molecule has 0 fully saturated rings. The number of allylic oxidation sites excluding steroid dienone is 2. The smallest absolute Gasteiger partial charge is 0.209 e. The lowest BCUT2D eigenvalue weighted by molar-refractivity contribution is -0.165. The number of carbonyl (C=O) groups excluding carboxylic acids is 2. The number of hydrogen-bond acceptors (Lipinski definition) is 5. The van der Waals surface area contributed by atoms with Gasteiger partial charge in [0.25, 0.3) is 0 Å². The molecular weight excluding hydrogens is 356 g/mol. The van der Waals surface area contributed by atoms with E-state index in [-0.39, 0.29) is 6.42 Å². The average molecular weight is 399 g/mol. The van der Waals surface area contributed by atoms with Gasteiger partial charge in [-0.15, -0.1) is 0 Å². The van der Waals surface area contributed by atoms with Crippen LogP contribution in [-0.4, -0.2) is 45.2 Å². The molecule has 0 rings (SSSR count). The Kier molecular flexibility index (Phi) is 16.2. The molecule has 0 heterocycles. The molecule has 28 heavy (non-hydrogen) atoms. The fraction of sp³-hybridized carbons (Fsp3) is 0.826. The number of hydrogen-bond donors (Lipinski definition) is 3. The quantitative estimate of drug-likeness (QED) is 0.172. The molecular formula is C23H42O5. The van der Waals surface area contributed by atoms with Crippen LogP contribution in [0.1, 0.15) is 104 Å². The zero-order valence-electron chi connectivity index (χ0n) is 18.0. The van der Waals surface area contributed by atoms with Crippen molar-refractivity contribution in [2.45, 2.75) is 115 Å². The van der Waals surface area contributed by atoms with Crippen molar-refractivity contribution in [3.8, 4) is 0 Å². The first-order chi connectivity index (χ1) is 13.4. The summed E-state index contributed by atoms with van der Waals surface area (Å²) in [6, 6.07) is 0. The molecule has 0 saturated heterocycles. The molecule has 2 atom stereocenters. The molecule has 164 valence electrons. The van der Waals surface area contributed by atoms with Gasteiger partial charge in [0.2, 0.25) is 5.60 Å². The summed E-state index contributed by atoms with van der Waals surface area (Å²) < 4.78 is 0. The molecule has 0 aromatic heterocycles. The van der Waals surface area contributed by atoms with Crippen molar-refractivity contribution in [2.75, 3.05) is 6.61 Å². The highest BCUT2D eigenvalue weighted by Gasteiger charge is 2.46. The van der Waals surface area contributed by atoms with Gasteiger partial charge in [-0.25, -0.2) is 0 Å². The molecule has 0 saturated carbocycles. The van der Waals surface area contributed by atoms with E-state index in [0.29, 0.717) is 6.42 Å². The highest BCUT2D eigenvalue weighted by molar-refractivity contribution is 6.09. The molecule has 0 spiro atoms. The van der Waals surface area contributed by atoms with Crippen LogP contribution >= 0.6 is 0 Å². The summed E-state index contributed by atoms with van der Waals surface area (Å²) in [6.07, 6.45) is 17.7. The van der Waals surface area contributed by atoms with Crippen molar-refractivity contribution in [1.29, 1.82) is 0 Å². The highest BCUT2D eigenvalue weighted by atomic mass is 16.4. The minimum Gasteiger partial charge on any atom is -0.394 e. The van der Waals surface area contributed by atoms with E-state index in [4.69, 9.17) is 5.11 Å². The van der Waals surface area contributed by atoms with Crippen molar-refractivity contribution >= 4 is 11.6 Å². The Bertz CT molecular complexity index is 446. The molecule has 0 bridgehead atoms. The lowest BCUT2D eigenvalue weighted by Gasteiger charge is -2.27. The molecule has 0 amide bonds. The van der Waals surface area contributed by atoms with Gasteiger partial charge in [0, 0.05) is 6.42 Å². The van der Waals surface area contributed by atoms with Crippen molar-refractivity contribution in [3.05, 3.63) is 12.2 Å². The normalized spacial score (nSPS) is 14.9.